The smallest absolute Gasteiger partial charge is 0.178 e. The van der Waals surface area contributed by atoms with Gasteiger partial charge >= 0.3 is 0 Å². The molecule has 0 bridgehead atoms. The van der Waals surface area contributed by atoms with Gasteiger partial charge in [0.15, 0.2) is 9.84 Å². The van der Waals surface area contributed by atoms with E-state index in [9.17, 15) is 8.42 Å². The number of hydrogen-bond donors (Lipinski definition) is 0. The minimum absolute atomic E-state index is 0.0825. The second kappa shape index (κ2) is 6.40. The van der Waals surface area contributed by atoms with Crippen LogP contribution in [0.2, 0.25) is 0 Å². The van der Waals surface area contributed by atoms with Gasteiger partial charge < -0.3 is 9.64 Å². The summed E-state index contributed by atoms with van der Waals surface area (Å²) in [4.78, 5) is 2.63. The largest absolute Gasteiger partial charge is 0.370 e. The maximum absolute atomic E-state index is 11.9. The van der Waals surface area contributed by atoms with Crippen molar-refractivity contribution in [1.29, 1.82) is 0 Å². The fraction of sp³-hybridized carbons (Fsp3) is 0.375. The lowest BCUT2D eigenvalue weighted by Gasteiger charge is -2.34. The highest BCUT2D eigenvalue weighted by atomic mass is 32.2. The van der Waals surface area contributed by atoms with Crippen molar-refractivity contribution in [2.24, 2.45) is 0 Å². The maximum atomic E-state index is 11.9. The summed E-state index contributed by atoms with van der Waals surface area (Å²) in [7, 11) is -3.13. The Hall–Kier alpha value is -1.37. The molecule has 1 fully saturated rings. The summed E-state index contributed by atoms with van der Waals surface area (Å²) in [6.07, 6.45) is 0.0825. The van der Waals surface area contributed by atoms with Gasteiger partial charge in [-0.25, -0.2) is 8.42 Å². The number of anilines is 1. The molecule has 0 saturated carbocycles. The predicted molar refractivity (Wildman–Crippen MR) is 89.4 cm³/mol. The summed E-state index contributed by atoms with van der Waals surface area (Å²) < 4.78 is 29.6. The average molecular weight is 337 g/mol. The molecule has 1 aromatic heterocycles. The average Bonchev–Trinajstić information content (AvgIpc) is 3.10. The van der Waals surface area contributed by atoms with Gasteiger partial charge in [0, 0.05) is 18.8 Å². The molecule has 4 nitrogen and oxygen atoms in total. The molecule has 1 aliphatic rings. The third kappa shape index (κ3) is 3.19. The second-order valence-electron chi connectivity index (χ2n) is 5.26. The van der Waals surface area contributed by atoms with Gasteiger partial charge in [-0.3, -0.25) is 0 Å². The molecule has 2 aromatic rings. The van der Waals surface area contributed by atoms with E-state index in [1.54, 1.807) is 30.4 Å². The van der Waals surface area contributed by atoms with Crippen LogP contribution >= 0.6 is 11.3 Å². The van der Waals surface area contributed by atoms with Crippen LogP contribution in [0.4, 0.5) is 5.69 Å². The second-order valence-corrected chi connectivity index (χ2v) is 8.32. The van der Waals surface area contributed by atoms with Crippen molar-refractivity contribution in [1.82, 2.24) is 0 Å². The predicted octanol–water partition coefficient (Wildman–Crippen LogP) is 3.12. The molecule has 0 radical (unpaired) electrons. The number of nitrogens with zero attached hydrogens (tertiary/aromatic N) is 1. The molecule has 1 saturated heterocycles. The van der Waals surface area contributed by atoms with Crippen molar-refractivity contribution in [3.05, 3.63) is 46.7 Å². The fourth-order valence-corrected chi connectivity index (χ4v) is 4.16. The molecule has 0 N–H and O–H groups in total. The molecule has 1 atom stereocenters. The van der Waals surface area contributed by atoms with E-state index < -0.39 is 9.84 Å². The summed E-state index contributed by atoms with van der Waals surface area (Å²) in [5.74, 6) is 0.129. The van der Waals surface area contributed by atoms with Gasteiger partial charge in [-0.15, -0.1) is 0 Å². The first kappa shape index (κ1) is 15.5. The Morgan fingerprint density at radius 2 is 2.05 bits per heavy atom. The van der Waals surface area contributed by atoms with Crippen LogP contribution in [0.1, 0.15) is 18.6 Å². The summed E-state index contributed by atoms with van der Waals surface area (Å²) in [6, 6.07) is 9.26. The zero-order chi connectivity index (χ0) is 15.6. The summed E-state index contributed by atoms with van der Waals surface area (Å²) in [5, 5.41) is 4.17. The third-order valence-corrected chi connectivity index (χ3v) is 6.37. The Morgan fingerprint density at radius 3 is 2.68 bits per heavy atom. The van der Waals surface area contributed by atoms with E-state index in [1.165, 1.54) is 5.56 Å². The molecular formula is C16H19NO3S2. The van der Waals surface area contributed by atoms with Crippen LogP contribution in [0.3, 0.4) is 0 Å². The van der Waals surface area contributed by atoms with E-state index in [4.69, 9.17) is 4.74 Å². The first-order valence-corrected chi connectivity index (χ1v) is 9.91. The summed E-state index contributed by atoms with van der Waals surface area (Å²) in [6.45, 7) is 3.95. The first-order chi connectivity index (χ1) is 10.6. The highest BCUT2D eigenvalue weighted by molar-refractivity contribution is 7.91. The Morgan fingerprint density at radius 1 is 1.27 bits per heavy atom. The Labute approximate surface area is 135 Å². The van der Waals surface area contributed by atoms with Crippen LogP contribution in [0.25, 0.3) is 0 Å². The molecule has 0 spiro atoms. The SMILES string of the molecule is CCS(=O)(=O)c1ccc(N2CCO[C@@H](c3ccsc3)C2)cc1. The zero-order valence-electron chi connectivity index (χ0n) is 12.4. The van der Waals surface area contributed by atoms with E-state index in [-0.39, 0.29) is 11.9 Å². The summed E-state index contributed by atoms with van der Waals surface area (Å²) in [5.41, 5.74) is 2.25. The number of benzene rings is 1. The summed E-state index contributed by atoms with van der Waals surface area (Å²) >= 11 is 1.67. The van der Waals surface area contributed by atoms with Crippen LogP contribution in [0.15, 0.2) is 46.0 Å². The lowest BCUT2D eigenvalue weighted by atomic mass is 10.1. The first-order valence-electron chi connectivity index (χ1n) is 7.31. The van der Waals surface area contributed by atoms with Crippen LogP contribution < -0.4 is 4.90 Å². The Balaban J connectivity index is 1.76. The van der Waals surface area contributed by atoms with Crippen molar-refractivity contribution in [3.8, 4) is 0 Å². The number of morpholine rings is 1. The number of rotatable bonds is 4. The van der Waals surface area contributed by atoms with Crippen LogP contribution in [-0.4, -0.2) is 33.9 Å². The highest BCUT2D eigenvalue weighted by Gasteiger charge is 2.22. The molecule has 0 unspecified atom stereocenters. The molecule has 0 aliphatic carbocycles. The van der Waals surface area contributed by atoms with E-state index in [1.807, 2.05) is 12.1 Å². The van der Waals surface area contributed by atoms with E-state index in [2.05, 4.69) is 21.7 Å². The maximum Gasteiger partial charge on any atom is 0.178 e. The van der Waals surface area contributed by atoms with Gasteiger partial charge in [-0.05, 0) is 46.7 Å². The molecule has 1 aromatic carbocycles. The molecule has 0 amide bonds. The highest BCUT2D eigenvalue weighted by Crippen LogP contribution is 2.28. The van der Waals surface area contributed by atoms with E-state index in [0.717, 1.165) is 18.8 Å². The standard InChI is InChI=1S/C16H19NO3S2/c1-2-22(18,19)15-5-3-14(4-6-15)17-8-9-20-16(11-17)13-7-10-21-12-13/h3-7,10,12,16H,2,8-9,11H2,1H3/t16-/m1/s1. The van der Waals surface area contributed by atoms with Crippen LogP contribution in [0.5, 0.6) is 0 Å². The van der Waals surface area contributed by atoms with Crippen molar-refractivity contribution in [2.45, 2.75) is 17.9 Å². The third-order valence-electron chi connectivity index (χ3n) is 3.92. The van der Waals surface area contributed by atoms with E-state index in [0.29, 0.717) is 11.5 Å². The van der Waals surface area contributed by atoms with Gasteiger partial charge in [0.2, 0.25) is 0 Å². The molecule has 118 valence electrons. The number of hydrogen-bond acceptors (Lipinski definition) is 5. The molecule has 2 heterocycles. The normalized spacial score (nSPS) is 19.3. The molecule has 3 rings (SSSR count). The molecule has 1 aliphatic heterocycles. The Kier molecular flexibility index (Phi) is 4.52. The lowest BCUT2D eigenvalue weighted by Crippen LogP contribution is -2.38. The van der Waals surface area contributed by atoms with Crippen LogP contribution in [-0.2, 0) is 14.6 Å². The van der Waals surface area contributed by atoms with Gasteiger partial charge in [0.05, 0.1) is 17.3 Å². The van der Waals surface area contributed by atoms with E-state index >= 15 is 0 Å². The molecule has 6 heteroatoms. The van der Waals surface area contributed by atoms with Crippen molar-refractivity contribution >= 4 is 26.9 Å². The number of ether oxygens (including phenoxy) is 1. The molecular weight excluding hydrogens is 318 g/mol. The molecule has 22 heavy (non-hydrogen) atoms. The van der Waals surface area contributed by atoms with Crippen LogP contribution in [0, 0.1) is 0 Å². The number of thiophene rings is 1. The van der Waals surface area contributed by atoms with Gasteiger partial charge in [0.25, 0.3) is 0 Å². The van der Waals surface area contributed by atoms with Gasteiger partial charge in [0.1, 0.15) is 6.10 Å². The van der Waals surface area contributed by atoms with Gasteiger partial charge in [-0.1, -0.05) is 6.92 Å². The van der Waals surface area contributed by atoms with Gasteiger partial charge in [-0.2, -0.15) is 11.3 Å². The Bertz CT molecular complexity index is 708. The number of sulfone groups is 1. The minimum atomic E-state index is -3.13. The fourth-order valence-electron chi connectivity index (χ4n) is 2.57. The zero-order valence-corrected chi connectivity index (χ0v) is 14.1. The lowest BCUT2D eigenvalue weighted by molar-refractivity contribution is 0.0401. The van der Waals surface area contributed by atoms with Crippen molar-refractivity contribution in [2.75, 3.05) is 30.3 Å². The van der Waals surface area contributed by atoms with Crippen molar-refractivity contribution < 1.29 is 13.2 Å². The quantitative estimate of drug-likeness (QED) is 0.860. The van der Waals surface area contributed by atoms with Crippen molar-refractivity contribution in [3.63, 3.8) is 0 Å². The monoisotopic (exact) mass is 337 g/mol. The topological polar surface area (TPSA) is 46.6 Å². The minimum Gasteiger partial charge on any atom is -0.370 e.